The minimum Gasteiger partial charge on any atom is -0.453 e. The molecule has 0 saturated carbocycles. The number of fused-ring (bicyclic) bond motifs is 1. The van der Waals surface area contributed by atoms with Crippen LogP contribution in [0.15, 0.2) is 42.6 Å². The highest BCUT2D eigenvalue weighted by Crippen LogP contribution is 2.26. The molecule has 0 aliphatic carbocycles. The van der Waals surface area contributed by atoms with Crippen LogP contribution in [-0.4, -0.2) is 37.8 Å². The van der Waals surface area contributed by atoms with Gasteiger partial charge in [0.1, 0.15) is 29.0 Å². The van der Waals surface area contributed by atoms with Crippen LogP contribution >= 0.6 is 0 Å². The van der Waals surface area contributed by atoms with E-state index >= 15 is 0 Å². The van der Waals surface area contributed by atoms with Crippen molar-refractivity contribution in [2.75, 3.05) is 18.6 Å². The second-order valence-corrected chi connectivity index (χ2v) is 6.61. The highest BCUT2D eigenvalue weighted by atomic mass is 19.1. The maximum atomic E-state index is 14.2. The molecule has 0 bridgehead atoms. The van der Waals surface area contributed by atoms with E-state index in [2.05, 4.69) is 30.1 Å². The molecule has 0 aliphatic heterocycles. The fraction of sp³-hybridized carbons (Fsp3) is 0.150. The fourth-order valence-electron chi connectivity index (χ4n) is 3.12. The first-order chi connectivity index (χ1) is 15.0. The number of nitrogens with one attached hydrogen (secondary N) is 1. The van der Waals surface area contributed by atoms with Gasteiger partial charge in [0.2, 0.25) is 0 Å². The summed E-state index contributed by atoms with van der Waals surface area (Å²) in [6.45, 7) is 0.00858. The van der Waals surface area contributed by atoms with E-state index in [9.17, 15) is 9.18 Å². The second-order valence-electron chi connectivity index (χ2n) is 6.61. The van der Waals surface area contributed by atoms with Crippen LogP contribution in [0, 0.1) is 5.82 Å². The van der Waals surface area contributed by atoms with Crippen LogP contribution in [-0.2, 0) is 17.7 Å². The number of hydrogen-bond acceptors (Lipinski definition) is 8. The van der Waals surface area contributed by atoms with Gasteiger partial charge in [-0.2, -0.15) is 5.10 Å². The second kappa shape index (κ2) is 8.22. The Morgan fingerprint density at radius 3 is 2.58 bits per heavy atom. The van der Waals surface area contributed by atoms with E-state index in [1.54, 1.807) is 41.0 Å². The number of anilines is 2. The third-order valence-corrected chi connectivity index (χ3v) is 4.66. The number of carbonyl (C=O) groups is 1. The first kappa shape index (κ1) is 20.0. The molecule has 10 nitrogen and oxygen atoms in total. The SMILES string of the molecule is COC(=O)NCc1c(N)nc(-c2nc(Cc3ccccc3F)n3ncccc23)nc1N. The lowest BCUT2D eigenvalue weighted by Gasteiger charge is -2.10. The van der Waals surface area contributed by atoms with E-state index < -0.39 is 6.09 Å². The van der Waals surface area contributed by atoms with Crippen LogP contribution in [0.3, 0.4) is 0 Å². The van der Waals surface area contributed by atoms with Gasteiger partial charge < -0.3 is 21.5 Å². The Morgan fingerprint density at radius 2 is 1.87 bits per heavy atom. The van der Waals surface area contributed by atoms with Gasteiger partial charge in [-0.05, 0) is 23.8 Å². The minimum absolute atomic E-state index is 0.00858. The third-order valence-electron chi connectivity index (χ3n) is 4.66. The standard InChI is InChI=1S/C20H19FN8O2/c1-31-20(30)24-10-12-17(22)27-19(28-18(12)23)16-14-7-4-8-25-29(14)15(26-16)9-11-5-2-3-6-13(11)21/h2-8H,9-10H2,1H3,(H,24,30)(H4,22,23,27,28). The number of aromatic nitrogens is 5. The molecular formula is C20H19FN8O2. The quantitative estimate of drug-likeness (QED) is 0.442. The van der Waals surface area contributed by atoms with E-state index in [1.165, 1.54) is 13.2 Å². The number of nitrogens with two attached hydrogens (primary N) is 2. The molecule has 0 aliphatic rings. The average molecular weight is 422 g/mol. The third kappa shape index (κ3) is 3.92. The van der Waals surface area contributed by atoms with Gasteiger partial charge in [0.15, 0.2) is 5.82 Å². The first-order valence-corrected chi connectivity index (χ1v) is 9.28. The van der Waals surface area contributed by atoms with Crippen LogP contribution in [0.1, 0.15) is 17.0 Å². The Labute approximate surface area is 176 Å². The number of imidazole rings is 1. The zero-order valence-electron chi connectivity index (χ0n) is 16.5. The molecule has 0 saturated heterocycles. The Morgan fingerprint density at radius 1 is 1.13 bits per heavy atom. The van der Waals surface area contributed by atoms with Crippen LogP contribution in [0.25, 0.3) is 17.0 Å². The molecule has 31 heavy (non-hydrogen) atoms. The summed E-state index contributed by atoms with van der Waals surface area (Å²) in [6.07, 6.45) is 1.19. The van der Waals surface area contributed by atoms with E-state index in [-0.39, 0.29) is 36.2 Å². The molecule has 0 atom stereocenters. The Kier molecular flexibility index (Phi) is 5.31. The predicted molar refractivity (Wildman–Crippen MR) is 111 cm³/mol. The number of nitrogens with zero attached hydrogens (tertiary/aromatic N) is 5. The number of halogens is 1. The van der Waals surface area contributed by atoms with Crippen molar-refractivity contribution in [2.24, 2.45) is 0 Å². The Hall–Kier alpha value is -4.28. The van der Waals surface area contributed by atoms with Crippen molar-refractivity contribution in [1.82, 2.24) is 29.9 Å². The summed E-state index contributed by atoms with van der Waals surface area (Å²) in [4.78, 5) is 24.5. The minimum atomic E-state index is -0.633. The van der Waals surface area contributed by atoms with Gasteiger partial charge in [-0.15, -0.1) is 0 Å². The van der Waals surface area contributed by atoms with Gasteiger partial charge in [-0.3, -0.25) is 0 Å². The summed E-state index contributed by atoms with van der Waals surface area (Å²) in [5.41, 5.74) is 14.0. The van der Waals surface area contributed by atoms with Crippen molar-refractivity contribution in [3.05, 3.63) is 65.4 Å². The number of amides is 1. The molecule has 5 N–H and O–H groups in total. The van der Waals surface area contributed by atoms with Crippen molar-refractivity contribution in [3.8, 4) is 11.5 Å². The maximum absolute atomic E-state index is 14.2. The average Bonchev–Trinajstić information content (AvgIpc) is 3.13. The Balaban J connectivity index is 1.75. The van der Waals surface area contributed by atoms with Crippen molar-refractivity contribution in [1.29, 1.82) is 0 Å². The van der Waals surface area contributed by atoms with Gasteiger partial charge in [-0.1, -0.05) is 18.2 Å². The molecule has 0 fully saturated rings. The highest BCUT2D eigenvalue weighted by molar-refractivity contribution is 5.75. The number of carbonyl (C=O) groups excluding carboxylic acids is 1. The lowest BCUT2D eigenvalue weighted by Crippen LogP contribution is -2.24. The Bertz CT molecular complexity index is 1250. The van der Waals surface area contributed by atoms with Gasteiger partial charge in [0.25, 0.3) is 0 Å². The van der Waals surface area contributed by atoms with Crippen molar-refractivity contribution < 1.29 is 13.9 Å². The highest BCUT2D eigenvalue weighted by Gasteiger charge is 2.20. The molecule has 4 aromatic rings. The topological polar surface area (TPSA) is 146 Å². The molecule has 3 aromatic heterocycles. The molecule has 1 aromatic carbocycles. The predicted octanol–water partition coefficient (Wildman–Crippen LogP) is 1.94. The summed E-state index contributed by atoms with van der Waals surface area (Å²) in [6, 6.07) is 10.0. The molecule has 0 spiro atoms. The molecule has 3 heterocycles. The fourth-order valence-corrected chi connectivity index (χ4v) is 3.12. The molecule has 11 heteroatoms. The molecule has 1 amide bonds. The number of rotatable bonds is 5. The normalized spacial score (nSPS) is 10.9. The molecule has 4 rings (SSSR count). The van der Waals surface area contributed by atoms with E-state index in [0.29, 0.717) is 28.2 Å². The lowest BCUT2D eigenvalue weighted by atomic mass is 10.1. The summed E-state index contributed by atoms with van der Waals surface area (Å²) >= 11 is 0. The molecule has 0 unspecified atom stereocenters. The summed E-state index contributed by atoms with van der Waals surface area (Å²) < 4.78 is 20.3. The largest absolute Gasteiger partial charge is 0.453 e. The van der Waals surface area contributed by atoms with E-state index in [4.69, 9.17) is 11.5 Å². The van der Waals surface area contributed by atoms with Crippen LogP contribution in [0.5, 0.6) is 0 Å². The number of hydrogen-bond donors (Lipinski definition) is 3. The molecule has 158 valence electrons. The number of nitrogen functional groups attached to an aromatic ring is 2. The van der Waals surface area contributed by atoms with Crippen molar-refractivity contribution >= 4 is 23.2 Å². The van der Waals surface area contributed by atoms with Crippen molar-refractivity contribution in [2.45, 2.75) is 13.0 Å². The van der Waals surface area contributed by atoms with E-state index in [0.717, 1.165) is 0 Å². The van der Waals surface area contributed by atoms with Crippen LogP contribution in [0.2, 0.25) is 0 Å². The van der Waals surface area contributed by atoms with Gasteiger partial charge in [0, 0.05) is 12.6 Å². The number of methoxy groups -OCH3 is 1. The van der Waals surface area contributed by atoms with Gasteiger partial charge in [-0.25, -0.2) is 28.7 Å². The molecular weight excluding hydrogens is 403 g/mol. The maximum Gasteiger partial charge on any atom is 0.407 e. The molecule has 0 radical (unpaired) electrons. The van der Waals surface area contributed by atoms with Gasteiger partial charge >= 0.3 is 6.09 Å². The van der Waals surface area contributed by atoms with Crippen LogP contribution in [0.4, 0.5) is 20.8 Å². The van der Waals surface area contributed by atoms with Crippen LogP contribution < -0.4 is 16.8 Å². The zero-order chi connectivity index (χ0) is 22.0. The summed E-state index contributed by atoms with van der Waals surface area (Å²) in [7, 11) is 1.25. The van der Waals surface area contributed by atoms with E-state index in [1.807, 2.05) is 0 Å². The number of ether oxygens (including phenoxy) is 1. The summed E-state index contributed by atoms with van der Waals surface area (Å²) in [5, 5.41) is 6.82. The lowest BCUT2D eigenvalue weighted by molar-refractivity contribution is 0.170. The smallest absolute Gasteiger partial charge is 0.407 e. The van der Waals surface area contributed by atoms with Crippen molar-refractivity contribution in [3.63, 3.8) is 0 Å². The summed E-state index contributed by atoms with van der Waals surface area (Å²) in [5.74, 6) is 0.568. The number of benzene rings is 1. The van der Waals surface area contributed by atoms with Gasteiger partial charge in [0.05, 0.1) is 24.7 Å². The first-order valence-electron chi connectivity index (χ1n) is 9.28. The number of alkyl carbamates (subject to hydrolysis) is 1. The zero-order valence-corrected chi connectivity index (χ0v) is 16.5. The monoisotopic (exact) mass is 422 g/mol.